The first-order valence-corrected chi connectivity index (χ1v) is 7.41. The lowest BCUT2D eigenvalue weighted by atomic mass is 10.5. The van der Waals surface area contributed by atoms with Crippen molar-refractivity contribution in [3.8, 4) is 0 Å². The van der Waals surface area contributed by atoms with Gasteiger partial charge in [0.2, 0.25) is 5.28 Å². The third-order valence-corrected chi connectivity index (χ3v) is 3.76. The molecular weight excluding hydrogens is 313 g/mol. The number of hydrogen-bond acceptors (Lipinski definition) is 5. The van der Waals surface area contributed by atoms with Crippen LogP contribution in [0.15, 0.2) is 17.3 Å². The van der Waals surface area contributed by atoms with Crippen LogP contribution in [0, 0.1) is 0 Å². The highest BCUT2D eigenvalue weighted by molar-refractivity contribution is 7.92. The van der Waals surface area contributed by atoms with Gasteiger partial charge in [0, 0.05) is 12.5 Å². The highest BCUT2D eigenvalue weighted by atomic mass is 35.5. The Hall–Kier alpha value is -1.38. The number of nitrogens with zero attached hydrogens (tertiary/aromatic N) is 3. The number of hydrogen-bond donors (Lipinski definition) is 2. The van der Waals surface area contributed by atoms with E-state index in [2.05, 4.69) is 24.7 Å². The molecule has 2 aromatic rings. The minimum Gasteiger partial charge on any atom is -0.332 e. The van der Waals surface area contributed by atoms with Gasteiger partial charge in [-0.05, 0) is 11.6 Å². The van der Waals surface area contributed by atoms with Gasteiger partial charge in [-0.15, -0.1) is 0 Å². The maximum absolute atomic E-state index is 12.0. The summed E-state index contributed by atoms with van der Waals surface area (Å²) in [4.78, 5) is 13.9. The Kier molecular flexibility index (Phi) is 3.93. The third-order valence-electron chi connectivity index (χ3n) is 2.14. The normalized spacial score (nSPS) is 11.5. The summed E-state index contributed by atoms with van der Waals surface area (Å²) in [5.74, 6) is 0.553. The number of anilines is 1. The van der Waals surface area contributed by atoms with Crippen LogP contribution in [0.3, 0.4) is 0 Å². The molecule has 0 aromatic carbocycles. The molecule has 0 bridgehead atoms. The molecule has 0 radical (unpaired) electrons. The largest absolute Gasteiger partial charge is 0.332 e. The number of H-pyrrole nitrogens is 1. The third kappa shape index (κ3) is 3.34. The van der Waals surface area contributed by atoms with Crippen LogP contribution in [0.2, 0.25) is 10.4 Å². The Morgan fingerprint density at radius 2 is 2.11 bits per heavy atom. The van der Waals surface area contributed by atoms with Crippen molar-refractivity contribution >= 4 is 39.0 Å². The zero-order valence-corrected chi connectivity index (χ0v) is 12.0. The molecule has 0 fully saturated rings. The molecule has 0 aliphatic carbocycles. The zero-order chi connectivity index (χ0) is 14.0. The monoisotopic (exact) mass is 321 g/mol. The minimum absolute atomic E-state index is 0.0161. The van der Waals surface area contributed by atoms with Crippen LogP contribution >= 0.6 is 23.2 Å². The molecule has 0 saturated carbocycles. The fourth-order valence-corrected chi connectivity index (χ4v) is 2.64. The van der Waals surface area contributed by atoms with Gasteiger partial charge in [0.15, 0.2) is 5.03 Å². The van der Waals surface area contributed by atoms with Crippen LogP contribution in [0.5, 0.6) is 0 Å². The Labute approximate surface area is 119 Å². The summed E-state index contributed by atoms with van der Waals surface area (Å²) in [5, 5.41) is -0.171. The molecular formula is C9H9Cl2N5O2S. The van der Waals surface area contributed by atoms with E-state index in [4.69, 9.17) is 23.2 Å². The summed E-state index contributed by atoms with van der Waals surface area (Å²) < 4.78 is 26.3. The van der Waals surface area contributed by atoms with E-state index in [0.717, 1.165) is 0 Å². The number of halogens is 2. The van der Waals surface area contributed by atoms with E-state index in [1.54, 1.807) is 0 Å². The van der Waals surface area contributed by atoms with Gasteiger partial charge in [-0.1, -0.05) is 18.5 Å². The molecule has 2 aromatic heterocycles. The first kappa shape index (κ1) is 14.0. The van der Waals surface area contributed by atoms with Crippen molar-refractivity contribution in [3.63, 3.8) is 0 Å². The fourth-order valence-electron chi connectivity index (χ4n) is 1.29. The average molecular weight is 322 g/mol. The van der Waals surface area contributed by atoms with Gasteiger partial charge in [-0.3, -0.25) is 4.72 Å². The molecule has 7 nitrogen and oxygen atoms in total. The number of sulfonamides is 1. The first-order valence-electron chi connectivity index (χ1n) is 5.17. The Morgan fingerprint density at radius 3 is 2.68 bits per heavy atom. The van der Waals surface area contributed by atoms with Crippen LogP contribution in [0.4, 0.5) is 5.82 Å². The molecule has 0 amide bonds. The summed E-state index contributed by atoms with van der Waals surface area (Å²) in [5.41, 5.74) is 0. The quantitative estimate of drug-likeness (QED) is 0.661. The number of nitrogens with one attached hydrogen (secondary N) is 2. The van der Waals surface area contributed by atoms with Gasteiger partial charge in [0.05, 0.1) is 6.20 Å². The maximum atomic E-state index is 12.0. The second kappa shape index (κ2) is 5.32. The predicted molar refractivity (Wildman–Crippen MR) is 70.8 cm³/mol. The second-order valence-electron chi connectivity index (χ2n) is 3.50. The molecule has 2 rings (SSSR count). The van der Waals surface area contributed by atoms with Crippen LogP contribution in [0.25, 0.3) is 0 Å². The predicted octanol–water partition coefficient (Wildman–Crippen LogP) is 1.87. The summed E-state index contributed by atoms with van der Waals surface area (Å²) in [6.07, 6.45) is 1.83. The minimum atomic E-state index is -3.81. The van der Waals surface area contributed by atoms with E-state index >= 15 is 0 Å². The van der Waals surface area contributed by atoms with Crippen molar-refractivity contribution in [2.24, 2.45) is 0 Å². The molecule has 0 aliphatic heterocycles. The summed E-state index contributed by atoms with van der Waals surface area (Å²) in [7, 11) is -3.81. The van der Waals surface area contributed by atoms with Crippen molar-refractivity contribution in [2.45, 2.75) is 18.4 Å². The molecule has 0 spiro atoms. The van der Waals surface area contributed by atoms with E-state index in [1.807, 2.05) is 6.92 Å². The fraction of sp³-hybridized carbons (Fsp3) is 0.222. The summed E-state index contributed by atoms with van der Waals surface area (Å²) in [6, 6.07) is 1.25. The van der Waals surface area contributed by atoms with E-state index in [0.29, 0.717) is 12.2 Å². The molecule has 2 N–H and O–H groups in total. The van der Waals surface area contributed by atoms with Crippen molar-refractivity contribution in [1.29, 1.82) is 0 Å². The number of aromatic nitrogens is 4. The van der Waals surface area contributed by atoms with Crippen LogP contribution in [-0.4, -0.2) is 28.4 Å². The molecule has 0 aliphatic rings. The number of aryl methyl sites for hydroxylation is 1. The molecule has 2 heterocycles. The average Bonchev–Trinajstić information content (AvgIpc) is 2.75. The molecule has 10 heteroatoms. The lowest BCUT2D eigenvalue weighted by Gasteiger charge is -2.05. The number of rotatable bonds is 4. The maximum Gasteiger partial charge on any atom is 0.280 e. The topological polar surface area (TPSA) is 101 Å². The van der Waals surface area contributed by atoms with E-state index < -0.39 is 10.0 Å². The van der Waals surface area contributed by atoms with Crippen molar-refractivity contribution in [3.05, 3.63) is 28.5 Å². The number of imidazole rings is 1. The van der Waals surface area contributed by atoms with Gasteiger partial charge >= 0.3 is 0 Å². The standard InChI is InChI=1S/C9H9Cl2N5O2S/c1-2-6-12-4-8(14-6)19(17,18)16-7-3-5(10)13-9(11)15-7/h3-4H,2H2,1H3,(H,12,14)(H,13,15,16). The van der Waals surface area contributed by atoms with Crippen LogP contribution in [-0.2, 0) is 16.4 Å². The number of aromatic amines is 1. The zero-order valence-electron chi connectivity index (χ0n) is 9.68. The molecule has 0 saturated heterocycles. The molecule has 0 atom stereocenters. The van der Waals surface area contributed by atoms with Crippen molar-refractivity contribution < 1.29 is 8.42 Å². The second-order valence-corrected chi connectivity index (χ2v) is 5.87. The summed E-state index contributed by atoms with van der Waals surface area (Å²) in [6.45, 7) is 1.85. The van der Waals surface area contributed by atoms with Gasteiger partial charge in [0.1, 0.15) is 16.8 Å². The van der Waals surface area contributed by atoms with Gasteiger partial charge in [-0.2, -0.15) is 13.4 Å². The lowest BCUT2D eigenvalue weighted by Crippen LogP contribution is -2.14. The molecule has 0 unspecified atom stereocenters. The molecule has 19 heavy (non-hydrogen) atoms. The lowest BCUT2D eigenvalue weighted by molar-refractivity contribution is 0.597. The van der Waals surface area contributed by atoms with Crippen LogP contribution < -0.4 is 4.72 Å². The van der Waals surface area contributed by atoms with Gasteiger partial charge in [0.25, 0.3) is 10.0 Å². The van der Waals surface area contributed by atoms with Gasteiger partial charge < -0.3 is 4.98 Å². The van der Waals surface area contributed by atoms with Crippen LogP contribution in [0.1, 0.15) is 12.7 Å². The summed E-state index contributed by atoms with van der Waals surface area (Å²) >= 11 is 11.3. The van der Waals surface area contributed by atoms with E-state index in [-0.39, 0.29) is 21.3 Å². The highest BCUT2D eigenvalue weighted by Gasteiger charge is 2.18. The van der Waals surface area contributed by atoms with E-state index in [1.165, 1.54) is 12.3 Å². The Bertz CT molecular complexity index is 680. The smallest absolute Gasteiger partial charge is 0.280 e. The Balaban J connectivity index is 2.30. The first-order chi connectivity index (χ1) is 8.90. The van der Waals surface area contributed by atoms with E-state index in [9.17, 15) is 8.42 Å². The van der Waals surface area contributed by atoms with Gasteiger partial charge in [-0.25, -0.2) is 9.97 Å². The van der Waals surface area contributed by atoms with Crippen molar-refractivity contribution in [1.82, 2.24) is 19.9 Å². The molecule has 102 valence electrons. The van der Waals surface area contributed by atoms with Crippen molar-refractivity contribution in [2.75, 3.05) is 4.72 Å². The Morgan fingerprint density at radius 1 is 1.37 bits per heavy atom. The SMILES string of the molecule is CCc1ncc(S(=O)(=O)Nc2cc(Cl)nc(Cl)n2)[nH]1. The highest BCUT2D eigenvalue weighted by Crippen LogP contribution is 2.17.